The number of amides is 2. The Morgan fingerprint density at radius 2 is 1.91 bits per heavy atom. The molecule has 1 atom stereocenters. The van der Waals surface area contributed by atoms with Crippen LogP contribution in [0, 0.1) is 0 Å². The van der Waals surface area contributed by atoms with Crippen LogP contribution in [0.2, 0.25) is 0 Å². The molecule has 2 amide bonds. The molecule has 2 aliphatic rings. The van der Waals surface area contributed by atoms with Gasteiger partial charge in [0, 0.05) is 37.5 Å². The lowest BCUT2D eigenvalue weighted by molar-refractivity contribution is -0.122. The molecule has 0 bridgehead atoms. The number of rotatable bonds is 3. The van der Waals surface area contributed by atoms with Crippen LogP contribution >= 0.6 is 27.7 Å². The summed E-state index contributed by atoms with van der Waals surface area (Å²) >= 11 is 5.21. The van der Waals surface area contributed by atoms with Crippen molar-refractivity contribution in [2.45, 2.75) is 35.1 Å². The Labute approximate surface area is 205 Å². The van der Waals surface area contributed by atoms with Gasteiger partial charge in [-0.15, -0.1) is 0 Å². The topological polar surface area (TPSA) is 70.6 Å². The van der Waals surface area contributed by atoms with Gasteiger partial charge >= 0.3 is 0 Å². The number of carbonyl (C=O) groups is 2. The first-order chi connectivity index (χ1) is 16.1. The van der Waals surface area contributed by atoms with Crippen molar-refractivity contribution < 1.29 is 9.59 Å². The molecular formula is C26H22BrN3O2S. The van der Waals surface area contributed by atoms with E-state index in [4.69, 9.17) is 4.99 Å². The summed E-state index contributed by atoms with van der Waals surface area (Å²) in [6.07, 6.45) is 2.49. The van der Waals surface area contributed by atoms with E-state index in [1.54, 1.807) is 17.8 Å². The minimum absolute atomic E-state index is 0.114. The maximum absolute atomic E-state index is 13.0. The summed E-state index contributed by atoms with van der Waals surface area (Å²) in [5, 5.41) is 5.77. The fourth-order valence-electron chi connectivity index (χ4n) is 4.06. The number of aliphatic imine (C=N–C) groups is 1. The second-order valence-electron chi connectivity index (χ2n) is 8.06. The van der Waals surface area contributed by atoms with Gasteiger partial charge in [0.25, 0.3) is 5.91 Å². The van der Waals surface area contributed by atoms with E-state index < -0.39 is 6.04 Å². The van der Waals surface area contributed by atoms with Gasteiger partial charge in [0.1, 0.15) is 6.04 Å². The molecule has 1 saturated heterocycles. The molecule has 0 spiro atoms. The molecule has 0 aliphatic carbocycles. The Bertz CT molecular complexity index is 1270. The Hall–Kier alpha value is -2.90. The molecule has 166 valence electrons. The zero-order valence-electron chi connectivity index (χ0n) is 17.8. The first-order valence-corrected chi connectivity index (χ1v) is 12.5. The van der Waals surface area contributed by atoms with Gasteiger partial charge in [-0.25, -0.2) is 4.99 Å². The van der Waals surface area contributed by atoms with Crippen LogP contribution in [-0.4, -0.2) is 30.1 Å². The molecule has 7 heteroatoms. The lowest BCUT2D eigenvalue weighted by Crippen LogP contribution is -2.45. The standard InChI is InChI=1S/C26H22BrN3O2S/c27-18-7-5-6-16(14-18)24-19-8-1-2-10-22(19)33-23-12-11-17(15-21(23)29-24)25(31)30-20-9-3-4-13-28-26(20)32/h1-2,5-8,10-12,14-15,20H,3-4,9,13H2,(H,28,32)(H,30,31). The van der Waals surface area contributed by atoms with Gasteiger partial charge < -0.3 is 10.6 Å². The second kappa shape index (κ2) is 9.53. The number of hydrogen-bond donors (Lipinski definition) is 2. The first-order valence-electron chi connectivity index (χ1n) is 10.9. The number of nitrogens with one attached hydrogen (secondary N) is 2. The van der Waals surface area contributed by atoms with Gasteiger partial charge in [0.15, 0.2) is 0 Å². The van der Waals surface area contributed by atoms with Crippen molar-refractivity contribution in [3.63, 3.8) is 0 Å². The maximum Gasteiger partial charge on any atom is 0.252 e. The summed E-state index contributed by atoms with van der Waals surface area (Å²) in [4.78, 5) is 32.4. The molecule has 1 unspecified atom stereocenters. The maximum atomic E-state index is 13.0. The Kier molecular flexibility index (Phi) is 6.33. The van der Waals surface area contributed by atoms with Gasteiger partial charge in [0.2, 0.25) is 5.91 Å². The van der Waals surface area contributed by atoms with Crippen LogP contribution < -0.4 is 10.6 Å². The molecular weight excluding hydrogens is 498 g/mol. The van der Waals surface area contributed by atoms with E-state index in [-0.39, 0.29) is 11.8 Å². The molecule has 5 rings (SSSR count). The lowest BCUT2D eigenvalue weighted by Gasteiger charge is -2.15. The van der Waals surface area contributed by atoms with Crippen LogP contribution in [0.1, 0.15) is 40.7 Å². The monoisotopic (exact) mass is 519 g/mol. The number of hydrogen-bond acceptors (Lipinski definition) is 4. The predicted molar refractivity (Wildman–Crippen MR) is 135 cm³/mol. The fraction of sp³-hybridized carbons (Fsp3) is 0.192. The van der Waals surface area contributed by atoms with E-state index >= 15 is 0 Å². The van der Waals surface area contributed by atoms with E-state index in [9.17, 15) is 9.59 Å². The van der Waals surface area contributed by atoms with Gasteiger partial charge in [-0.2, -0.15) is 0 Å². The van der Waals surface area contributed by atoms with Gasteiger partial charge in [0.05, 0.1) is 11.4 Å². The van der Waals surface area contributed by atoms with Crippen LogP contribution in [0.4, 0.5) is 5.69 Å². The van der Waals surface area contributed by atoms with Crippen molar-refractivity contribution in [3.8, 4) is 0 Å². The quantitative estimate of drug-likeness (QED) is 0.376. The number of benzene rings is 3. The van der Waals surface area contributed by atoms with Crippen LogP contribution in [0.5, 0.6) is 0 Å². The summed E-state index contributed by atoms with van der Waals surface area (Å²) in [5.41, 5.74) is 4.14. The average molecular weight is 520 g/mol. The van der Waals surface area contributed by atoms with E-state index in [1.807, 2.05) is 48.5 Å². The Morgan fingerprint density at radius 3 is 2.79 bits per heavy atom. The van der Waals surface area contributed by atoms with Gasteiger partial charge in [-0.1, -0.05) is 58.0 Å². The van der Waals surface area contributed by atoms with Crippen LogP contribution in [0.25, 0.3) is 0 Å². The number of halogens is 1. The van der Waals surface area contributed by atoms with Crippen molar-refractivity contribution in [2.24, 2.45) is 4.99 Å². The Balaban J connectivity index is 1.52. The molecule has 5 nitrogen and oxygen atoms in total. The summed E-state index contributed by atoms with van der Waals surface area (Å²) < 4.78 is 0.979. The van der Waals surface area contributed by atoms with Crippen LogP contribution in [0.15, 0.2) is 86.0 Å². The zero-order valence-corrected chi connectivity index (χ0v) is 20.2. The third-order valence-electron chi connectivity index (χ3n) is 5.75. The highest BCUT2D eigenvalue weighted by Gasteiger charge is 2.24. The van der Waals surface area contributed by atoms with Gasteiger partial charge in [-0.05, 0) is 55.7 Å². The van der Waals surface area contributed by atoms with E-state index in [0.717, 1.165) is 49.6 Å². The van der Waals surface area contributed by atoms with Crippen LogP contribution in [-0.2, 0) is 4.79 Å². The van der Waals surface area contributed by atoms with E-state index in [0.29, 0.717) is 18.5 Å². The molecule has 2 N–H and O–H groups in total. The minimum atomic E-state index is -0.502. The van der Waals surface area contributed by atoms with Crippen molar-refractivity contribution in [3.05, 3.63) is 87.9 Å². The molecule has 0 saturated carbocycles. The van der Waals surface area contributed by atoms with Crippen molar-refractivity contribution in [2.75, 3.05) is 6.54 Å². The molecule has 2 heterocycles. The number of carbonyl (C=O) groups excluding carboxylic acids is 2. The highest BCUT2D eigenvalue weighted by Crippen LogP contribution is 2.41. The predicted octanol–water partition coefficient (Wildman–Crippen LogP) is 5.48. The minimum Gasteiger partial charge on any atom is -0.354 e. The third-order valence-corrected chi connectivity index (χ3v) is 7.39. The van der Waals surface area contributed by atoms with E-state index in [2.05, 4.69) is 38.7 Å². The molecule has 0 radical (unpaired) electrons. The molecule has 3 aromatic carbocycles. The molecule has 33 heavy (non-hydrogen) atoms. The van der Waals surface area contributed by atoms with Crippen molar-refractivity contribution in [1.82, 2.24) is 10.6 Å². The van der Waals surface area contributed by atoms with Gasteiger partial charge in [-0.3, -0.25) is 9.59 Å². The molecule has 2 aliphatic heterocycles. The lowest BCUT2D eigenvalue weighted by atomic mass is 10.0. The third kappa shape index (κ3) is 4.75. The van der Waals surface area contributed by atoms with E-state index in [1.165, 1.54) is 0 Å². The highest BCUT2D eigenvalue weighted by atomic mass is 79.9. The normalized spacial score (nSPS) is 17.5. The number of fused-ring (bicyclic) bond motifs is 2. The number of nitrogens with zero attached hydrogens (tertiary/aromatic N) is 1. The molecule has 1 fully saturated rings. The highest BCUT2D eigenvalue weighted by molar-refractivity contribution is 9.10. The first kappa shape index (κ1) is 21.9. The summed E-state index contributed by atoms with van der Waals surface area (Å²) in [6.45, 7) is 0.662. The summed E-state index contributed by atoms with van der Waals surface area (Å²) in [7, 11) is 0. The average Bonchev–Trinajstić information content (AvgIpc) is 3.12. The summed E-state index contributed by atoms with van der Waals surface area (Å²) in [5.74, 6) is -0.373. The zero-order chi connectivity index (χ0) is 22.8. The van der Waals surface area contributed by atoms with Crippen molar-refractivity contribution >= 4 is 50.9 Å². The smallest absolute Gasteiger partial charge is 0.252 e. The van der Waals surface area contributed by atoms with Crippen LogP contribution in [0.3, 0.4) is 0 Å². The fourth-order valence-corrected chi connectivity index (χ4v) is 5.46. The van der Waals surface area contributed by atoms with Crippen molar-refractivity contribution in [1.29, 1.82) is 0 Å². The molecule has 0 aromatic heterocycles. The summed E-state index contributed by atoms with van der Waals surface area (Å²) in [6, 6.07) is 21.3. The largest absolute Gasteiger partial charge is 0.354 e. The molecule has 3 aromatic rings. The second-order valence-corrected chi connectivity index (χ2v) is 10.1. The Morgan fingerprint density at radius 1 is 1.03 bits per heavy atom. The SMILES string of the molecule is O=C(NC1CCCCNC1=O)c1ccc2c(c1)N=C(c1cccc(Br)c1)c1ccccc1S2.